The predicted molar refractivity (Wildman–Crippen MR) is 100 cm³/mol. The Hall–Kier alpha value is -2.23. The Balaban J connectivity index is 1.96. The molecule has 0 saturated carbocycles. The molecule has 0 aliphatic carbocycles. The van der Waals surface area contributed by atoms with Gasteiger partial charge in [-0.3, -0.25) is 9.98 Å². The van der Waals surface area contributed by atoms with Crippen LogP contribution in [0.1, 0.15) is 37.6 Å². The van der Waals surface area contributed by atoms with Crippen LogP contribution < -0.4 is 5.73 Å². The van der Waals surface area contributed by atoms with E-state index in [0.29, 0.717) is 11.4 Å². The molecule has 2 aromatic heterocycles. The number of nitrogens with two attached hydrogens (primary N) is 1. The first-order valence-corrected chi connectivity index (χ1v) is 9.06. The van der Waals surface area contributed by atoms with Crippen LogP contribution >= 0.6 is 11.3 Å². The van der Waals surface area contributed by atoms with Gasteiger partial charge >= 0.3 is 0 Å². The number of thiophene rings is 1. The van der Waals surface area contributed by atoms with E-state index in [9.17, 15) is 0 Å². The van der Waals surface area contributed by atoms with Gasteiger partial charge in [-0.1, -0.05) is 6.92 Å². The fourth-order valence-corrected chi connectivity index (χ4v) is 4.41. The number of nitriles is 1. The number of aromatic nitrogens is 1. The summed E-state index contributed by atoms with van der Waals surface area (Å²) in [7, 11) is 0. The van der Waals surface area contributed by atoms with Gasteiger partial charge in [0.15, 0.2) is 0 Å². The SMILES string of the molecule is CC(N)=NC(C)(CC1(C)COC1)c1cc(-c2cncc(C#N)c2)cs1. The Kier molecular flexibility index (Phi) is 4.63. The largest absolute Gasteiger partial charge is 0.388 e. The number of nitrogens with zero attached hydrogens (tertiary/aromatic N) is 3. The van der Waals surface area contributed by atoms with Gasteiger partial charge in [0, 0.05) is 28.2 Å². The zero-order valence-electron chi connectivity index (χ0n) is 14.7. The van der Waals surface area contributed by atoms with Gasteiger partial charge in [0.1, 0.15) is 6.07 Å². The molecule has 25 heavy (non-hydrogen) atoms. The first kappa shape index (κ1) is 17.6. The molecule has 0 spiro atoms. The van der Waals surface area contributed by atoms with Crippen molar-refractivity contribution in [3.8, 4) is 17.2 Å². The molecule has 0 radical (unpaired) electrons. The Morgan fingerprint density at radius 3 is 2.80 bits per heavy atom. The number of rotatable bonds is 5. The molecule has 0 amide bonds. The Morgan fingerprint density at radius 2 is 2.20 bits per heavy atom. The summed E-state index contributed by atoms with van der Waals surface area (Å²) in [5.41, 5.74) is 8.21. The fourth-order valence-electron chi connectivity index (χ4n) is 3.38. The molecule has 1 saturated heterocycles. The quantitative estimate of drug-likeness (QED) is 0.655. The van der Waals surface area contributed by atoms with Gasteiger partial charge in [-0.05, 0) is 43.3 Å². The number of aliphatic imine (C=N–C) groups is 1. The molecule has 1 aliphatic rings. The van der Waals surface area contributed by atoms with Gasteiger partial charge in [0.2, 0.25) is 0 Å². The second-order valence-corrected chi connectivity index (χ2v) is 8.19. The number of amidine groups is 1. The predicted octanol–water partition coefficient (Wildman–Crippen LogP) is 3.70. The topological polar surface area (TPSA) is 84.3 Å². The second-order valence-electron chi connectivity index (χ2n) is 7.28. The van der Waals surface area contributed by atoms with Crippen molar-refractivity contribution in [2.75, 3.05) is 13.2 Å². The average Bonchev–Trinajstić information content (AvgIpc) is 3.03. The lowest BCUT2D eigenvalue weighted by Crippen LogP contribution is -2.44. The van der Waals surface area contributed by atoms with Crippen LogP contribution in [0.5, 0.6) is 0 Å². The van der Waals surface area contributed by atoms with E-state index in [-0.39, 0.29) is 11.0 Å². The molecule has 3 rings (SSSR count). The van der Waals surface area contributed by atoms with Crippen LogP contribution in [0.4, 0.5) is 0 Å². The first-order valence-electron chi connectivity index (χ1n) is 8.18. The third-order valence-electron chi connectivity index (χ3n) is 4.43. The van der Waals surface area contributed by atoms with E-state index >= 15 is 0 Å². The molecular formula is C19H22N4OS. The normalized spacial score (nSPS) is 18.9. The van der Waals surface area contributed by atoms with E-state index in [1.54, 1.807) is 23.7 Å². The van der Waals surface area contributed by atoms with Crippen LogP contribution in [0.3, 0.4) is 0 Å². The Bertz CT molecular complexity index is 843. The van der Waals surface area contributed by atoms with E-state index < -0.39 is 0 Å². The number of hydrogen-bond acceptors (Lipinski definition) is 5. The maximum atomic E-state index is 9.07. The average molecular weight is 354 g/mol. The summed E-state index contributed by atoms with van der Waals surface area (Å²) in [6.07, 6.45) is 4.23. The monoisotopic (exact) mass is 354 g/mol. The van der Waals surface area contributed by atoms with Crippen molar-refractivity contribution < 1.29 is 4.74 Å². The summed E-state index contributed by atoms with van der Waals surface area (Å²) in [6, 6.07) is 6.13. The third kappa shape index (κ3) is 3.73. The van der Waals surface area contributed by atoms with E-state index in [1.165, 1.54) is 0 Å². The van der Waals surface area contributed by atoms with Crippen molar-refractivity contribution in [1.82, 2.24) is 4.98 Å². The third-order valence-corrected chi connectivity index (χ3v) is 5.61. The second kappa shape index (κ2) is 6.58. The lowest BCUT2D eigenvalue weighted by molar-refractivity contribution is -0.114. The molecular weight excluding hydrogens is 332 g/mol. The molecule has 1 aliphatic heterocycles. The van der Waals surface area contributed by atoms with Gasteiger partial charge in [-0.25, -0.2) is 0 Å². The molecule has 6 heteroatoms. The van der Waals surface area contributed by atoms with Crippen molar-refractivity contribution in [3.63, 3.8) is 0 Å². The van der Waals surface area contributed by atoms with Gasteiger partial charge in [0.25, 0.3) is 0 Å². The highest BCUT2D eigenvalue weighted by Crippen LogP contribution is 2.45. The molecule has 130 valence electrons. The van der Waals surface area contributed by atoms with Crippen molar-refractivity contribution in [2.24, 2.45) is 16.1 Å². The summed E-state index contributed by atoms with van der Waals surface area (Å²) in [6.45, 7) is 7.70. The van der Waals surface area contributed by atoms with E-state index in [0.717, 1.165) is 35.6 Å². The zero-order valence-corrected chi connectivity index (χ0v) is 15.6. The number of ether oxygens (including phenoxy) is 1. The molecule has 0 aromatic carbocycles. The van der Waals surface area contributed by atoms with E-state index in [4.69, 9.17) is 20.7 Å². The number of pyridine rings is 1. The van der Waals surface area contributed by atoms with Crippen LogP contribution in [0.25, 0.3) is 11.1 Å². The highest BCUT2D eigenvalue weighted by molar-refractivity contribution is 7.10. The minimum atomic E-state index is -0.388. The molecule has 1 atom stereocenters. The molecule has 5 nitrogen and oxygen atoms in total. The Morgan fingerprint density at radius 1 is 1.44 bits per heavy atom. The zero-order chi connectivity index (χ0) is 18.1. The number of hydrogen-bond donors (Lipinski definition) is 1. The Labute approximate surface area is 152 Å². The molecule has 0 bridgehead atoms. The van der Waals surface area contributed by atoms with Gasteiger partial charge in [0.05, 0.1) is 30.2 Å². The molecule has 2 aromatic rings. The minimum Gasteiger partial charge on any atom is -0.388 e. The highest BCUT2D eigenvalue weighted by Gasteiger charge is 2.42. The molecule has 1 fully saturated rings. The lowest BCUT2D eigenvalue weighted by atomic mass is 9.76. The van der Waals surface area contributed by atoms with Gasteiger partial charge in [-0.2, -0.15) is 5.26 Å². The standard InChI is InChI=1S/C19H22N4OS/c1-13(21)23-19(3,10-18(2)11-24-12-18)17-5-16(9-25-17)15-4-14(6-20)7-22-8-15/h4-5,7-9H,10-12H2,1-3H3,(H2,21,23). The van der Waals surface area contributed by atoms with Crippen LogP contribution in [0, 0.1) is 16.7 Å². The van der Waals surface area contributed by atoms with E-state index in [2.05, 4.69) is 36.3 Å². The van der Waals surface area contributed by atoms with Gasteiger partial charge < -0.3 is 10.5 Å². The summed E-state index contributed by atoms with van der Waals surface area (Å²) < 4.78 is 5.41. The maximum absolute atomic E-state index is 9.07. The van der Waals surface area contributed by atoms with Crippen molar-refractivity contribution in [3.05, 3.63) is 40.3 Å². The summed E-state index contributed by atoms with van der Waals surface area (Å²) in [5, 5.41) is 11.2. The molecule has 1 unspecified atom stereocenters. The van der Waals surface area contributed by atoms with Crippen molar-refractivity contribution in [1.29, 1.82) is 5.26 Å². The molecule has 3 heterocycles. The van der Waals surface area contributed by atoms with E-state index in [1.807, 2.05) is 13.0 Å². The lowest BCUT2D eigenvalue weighted by Gasteiger charge is -2.43. The van der Waals surface area contributed by atoms with Crippen LogP contribution in [-0.2, 0) is 10.3 Å². The summed E-state index contributed by atoms with van der Waals surface area (Å²) >= 11 is 1.67. The van der Waals surface area contributed by atoms with Crippen LogP contribution in [-0.4, -0.2) is 24.0 Å². The first-order chi connectivity index (χ1) is 11.8. The summed E-state index contributed by atoms with van der Waals surface area (Å²) in [4.78, 5) is 10.1. The highest BCUT2D eigenvalue weighted by atomic mass is 32.1. The smallest absolute Gasteiger partial charge is 0.101 e. The summed E-state index contributed by atoms with van der Waals surface area (Å²) in [5.74, 6) is 0.578. The van der Waals surface area contributed by atoms with Crippen molar-refractivity contribution >= 4 is 17.2 Å². The minimum absolute atomic E-state index is 0.125. The van der Waals surface area contributed by atoms with Crippen LogP contribution in [0.2, 0.25) is 0 Å². The van der Waals surface area contributed by atoms with Crippen molar-refractivity contribution in [2.45, 2.75) is 32.7 Å². The maximum Gasteiger partial charge on any atom is 0.101 e. The molecule has 2 N–H and O–H groups in total. The van der Waals surface area contributed by atoms with Gasteiger partial charge in [-0.15, -0.1) is 11.3 Å². The fraction of sp³-hybridized carbons (Fsp3) is 0.421. The van der Waals surface area contributed by atoms with Crippen LogP contribution in [0.15, 0.2) is 34.9 Å².